The molecule has 0 aliphatic heterocycles. The molecule has 1 N–H and O–H groups in total. The second-order valence-corrected chi connectivity index (χ2v) is 4.93. The van der Waals surface area contributed by atoms with Gasteiger partial charge in [0.2, 0.25) is 6.54 Å². The zero-order valence-electron chi connectivity index (χ0n) is 12.2. The van der Waals surface area contributed by atoms with Gasteiger partial charge in [-0.1, -0.05) is 60.7 Å². The lowest BCUT2D eigenvalue weighted by Gasteiger charge is -2.14. The van der Waals surface area contributed by atoms with Crippen LogP contribution in [0.4, 0.5) is 4.79 Å². The summed E-state index contributed by atoms with van der Waals surface area (Å²) in [7, 11) is 0. The second kappa shape index (κ2) is 8.48. The smallest absolute Gasteiger partial charge is 0.407 e. The highest BCUT2D eigenvalue weighted by atomic mass is 16.5. The lowest BCUT2D eigenvalue weighted by Crippen LogP contribution is -2.38. The third-order valence-corrected chi connectivity index (χ3v) is 3.17. The molecule has 0 heterocycles. The predicted octanol–water partition coefficient (Wildman–Crippen LogP) is 3.44. The number of carbonyl (C=O) groups is 1. The first-order valence-corrected chi connectivity index (χ1v) is 7.12. The minimum absolute atomic E-state index is 0.225. The van der Waals surface area contributed by atoms with E-state index < -0.39 is 6.09 Å². The van der Waals surface area contributed by atoms with Gasteiger partial charge < -0.3 is 14.9 Å². The molecule has 1 unspecified atom stereocenters. The first kappa shape index (κ1) is 15.6. The Bertz CT molecular complexity index is 621. The van der Waals surface area contributed by atoms with Crippen molar-refractivity contribution < 1.29 is 9.53 Å². The summed E-state index contributed by atoms with van der Waals surface area (Å²) >= 11 is 0. The standard InChI is InChI=1S/C18H18N2O2/c1-19-13-17(12-15-8-4-2-5-9-15)20-18(21)22-14-16-10-6-3-7-11-16/h2-11,17H,12-14H2,(H,20,21). The SMILES string of the molecule is [C-]#[N+]CC(Cc1ccccc1)NC(=O)OCc1ccccc1. The van der Waals surface area contributed by atoms with Crippen LogP contribution in [0.2, 0.25) is 0 Å². The van der Waals surface area contributed by atoms with Crippen LogP contribution in [-0.2, 0) is 17.8 Å². The number of rotatable bonds is 6. The van der Waals surface area contributed by atoms with Crippen LogP contribution in [-0.4, -0.2) is 18.7 Å². The number of nitrogens with zero attached hydrogens (tertiary/aromatic N) is 1. The van der Waals surface area contributed by atoms with E-state index >= 15 is 0 Å². The summed E-state index contributed by atoms with van der Waals surface area (Å²) in [5.74, 6) is 0. The molecule has 0 radical (unpaired) electrons. The van der Waals surface area contributed by atoms with E-state index in [2.05, 4.69) is 10.2 Å². The van der Waals surface area contributed by atoms with E-state index in [1.54, 1.807) is 0 Å². The Balaban J connectivity index is 1.85. The van der Waals surface area contributed by atoms with Crippen molar-refractivity contribution in [2.75, 3.05) is 6.54 Å². The van der Waals surface area contributed by atoms with E-state index in [1.807, 2.05) is 60.7 Å². The Hall–Kier alpha value is -2.80. The van der Waals surface area contributed by atoms with Crippen molar-refractivity contribution in [1.29, 1.82) is 0 Å². The minimum Gasteiger partial charge on any atom is -0.445 e. The fourth-order valence-electron chi connectivity index (χ4n) is 2.10. The molecule has 0 bridgehead atoms. The fourth-order valence-corrected chi connectivity index (χ4v) is 2.10. The average Bonchev–Trinajstić information content (AvgIpc) is 2.55. The Kier molecular flexibility index (Phi) is 6.01. The van der Waals surface area contributed by atoms with Gasteiger partial charge in [-0.3, -0.25) is 0 Å². The van der Waals surface area contributed by atoms with Gasteiger partial charge in [0.25, 0.3) is 0 Å². The minimum atomic E-state index is -0.492. The highest BCUT2D eigenvalue weighted by Gasteiger charge is 2.16. The molecule has 0 fully saturated rings. The van der Waals surface area contributed by atoms with E-state index in [1.165, 1.54) is 0 Å². The van der Waals surface area contributed by atoms with Gasteiger partial charge in [0.05, 0.1) is 0 Å². The maximum Gasteiger partial charge on any atom is 0.407 e. The Morgan fingerprint density at radius 3 is 2.23 bits per heavy atom. The molecule has 4 nitrogen and oxygen atoms in total. The van der Waals surface area contributed by atoms with Crippen LogP contribution in [0.3, 0.4) is 0 Å². The molecule has 2 aromatic rings. The van der Waals surface area contributed by atoms with Crippen LogP contribution >= 0.6 is 0 Å². The van der Waals surface area contributed by atoms with Crippen molar-refractivity contribution in [2.45, 2.75) is 19.1 Å². The van der Waals surface area contributed by atoms with Gasteiger partial charge in [-0.2, -0.15) is 0 Å². The number of ether oxygens (including phenoxy) is 1. The summed E-state index contributed by atoms with van der Waals surface area (Å²) in [6.45, 7) is 7.47. The van der Waals surface area contributed by atoms with E-state index in [4.69, 9.17) is 11.3 Å². The zero-order valence-corrected chi connectivity index (χ0v) is 12.2. The quantitative estimate of drug-likeness (QED) is 0.829. The molecule has 0 saturated carbocycles. The van der Waals surface area contributed by atoms with Crippen LogP contribution in [0.25, 0.3) is 4.85 Å². The topological polar surface area (TPSA) is 42.7 Å². The third-order valence-electron chi connectivity index (χ3n) is 3.17. The lowest BCUT2D eigenvalue weighted by atomic mass is 10.1. The lowest BCUT2D eigenvalue weighted by molar-refractivity contribution is 0.136. The molecule has 112 valence electrons. The van der Waals surface area contributed by atoms with Crippen molar-refractivity contribution in [2.24, 2.45) is 0 Å². The predicted molar refractivity (Wildman–Crippen MR) is 85.2 cm³/mol. The number of alkyl carbamates (subject to hydrolysis) is 1. The van der Waals surface area contributed by atoms with E-state index in [0.29, 0.717) is 6.42 Å². The van der Waals surface area contributed by atoms with Gasteiger partial charge in [0.1, 0.15) is 12.6 Å². The van der Waals surface area contributed by atoms with Crippen molar-refractivity contribution in [3.05, 3.63) is 83.2 Å². The molecule has 0 aliphatic rings. The Labute approximate surface area is 130 Å². The highest BCUT2D eigenvalue weighted by Crippen LogP contribution is 2.05. The van der Waals surface area contributed by atoms with E-state index in [-0.39, 0.29) is 19.2 Å². The van der Waals surface area contributed by atoms with Gasteiger partial charge in [0, 0.05) is 6.42 Å². The van der Waals surface area contributed by atoms with Crippen LogP contribution in [0.1, 0.15) is 11.1 Å². The molecule has 1 amide bonds. The van der Waals surface area contributed by atoms with Crippen molar-refractivity contribution in [3.63, 3.8) is 0 Å². The van der Waals surface area contributed by atoms with Gasteiger partial charge in [-0.15, -0.1) is 0 Å². The first-order chi connectivity index (χ1) is 10.8. The van der Waals surface area contributed by atoms with Gasteiger partial charge in [-0.05, 0) is 11.1 Å². The van der Waals surface area contributed by atoms with Crippen molar-refractivity contribution in [1.82, 2.24) is 5.32 Å². The van der Waals surface area contributed by atoms with Crippen LogP contribution < -0.4 is 5.32 Å². The fraction of sp³-hybridized carbons (Fsp3) is 0.222. The summed E-state index contributed by atoms with van der Waals surface area (Å²) in [6.07, 6.45) is 0.123. The Morgan fingerprint density at radius 1 is 1.05 bits per heavy atom. The average molecular weight is 294 g/mol. The number of nitrogens with one attached hydrogen (secondary N) is 1. The molecule has 2 aromatic carbocycles. The molecule has 0 aliphatic carbocycles. The molecular weight excluding hydrogens is 276 g/mol. The monoisotopic (exact) mass is 294 g/mol. The number of hydrogen-bond donors (Lipinski definition) is 1. The molecule has 2 rings (SSSR count). The van der Waals surface area contributed by atoms with Gasteiger partial charge >= 0.3 is 6.09 Å². The molecule has 1 atom stereocenters. The normalized spacial score (nSPS) is 11.2. The van der Waals surface area contributed by atoms with Crippen LogP contribution in [0.5, 0.6) is 0 Å². The van der Waals surface area contributed by atoms with Crippen molar-refractivity contribution >= 4 is 6.09 Å². The number of hydrogen-bond acceptors (Lipinski definition) is 2. The van der Waals surface area contributed by atoms with Crippen LogP contribution in [0.15, 0.2) is 60.7 Å². The third kappa shape index (κ3) is 5.29. The summed E-state index contributed by atoms with van der Waals surface area (Å²) < 4.78 is 5.19. The molecule has 0 spiro atoms. The van der Waals surface area contributed by atoms with E-state index in [0.717, 1.165) is 11.1 Å². The molecule has 0 saturated heterocycles. The first-order valence-electron chi connectivity index (χ1n) is 7.12. The summed E-state index contributed by atoms with van der Waals surface area (Å²) in [5, 5.41) is 2.76. The maximum absolute atomic E-state index is 11.9. The molecule has 22 heavy (non-hydrogen) atoms. The van der Waals surface area contributed by atoms with Gasteiger partial charge in [0.15, 0.2) is 0 Å². The molecular formula is C18H18N2O2. The Morgan fingerprint density at radius 2 is 1.64 bits per heavy atom. The van der Waals surface area contributed by atoms with Crippen molar-refractivity contribution in [3.8, 4) is 0 Å². The summed E-state index contributed by atoms with van der Waals surface area (Å²) in [5.41, 5.74) is 2.02. The largest absolute Gasteiger partial charge is 0.445 e. The molecule has 0 aromatic heterocycles. The van der Waals surface area contributed by atoms with Gasteiger partial charge in [-0.25, -0.2) is 11.4 Å². The maximum atomic E-state index is 11.9. The highest BCUT2D eigenvalue weighted by molar-refractivity contribution is 5.67. The summed E-state index contributed by atoms with van der Waals surface area (Å²) in [6, 6.07) is 19.0. The number of amides is 1. The zero-order chi connectivity index (χ0) is 15.6. The van der Waals surface area contributed by atoms with Crippen LogP contribution in [0, 0.1) is 6.57 Å². The number of benzene rings is 2. The van der Waals surface area contributed by atoms with E-state index in [9.17, 15) is 4.79 Å². The summed E-state index contributed by atoms with van der Waals surface area (Å²) in [4.78, 5) is 15.2. The molecule has 4 heteroatoms. The second-order valence-electron chi connectivity index (χ2n) is 4.93. The number of carbonyl (C=O) groups excluding carboxylic acids is 1.